The van der Waals surface area contributed by atoms with E-state index in [0.29, 0.717) is 18.6 Å². The molecule has 0 radical (unpaired) electrons. The van der Waals surface area contributed by atoms with Gasteiger partial charge in [0.05, 0.1) is 11.8 Å². The standard InChI is InChI=1S/C17H22N2O5/c1-11-6-8-12(9-7-11)24-10-15(20)18-19-16(21)13-4-2-3-5-14(13)17(22)23/h6-9,13-14H,2-5,10H2,1H3,(H,18,20)(H,19,21)(H,22,23)/t13-,14+/m1/s1. The van der Waals surface area contributed by atoms with Crippen molar-refractivity contribution in [2.75, 3.05) is 6.61 Å². The van der Waals surface area contributed by atoms with Gasteiger partial charge in [0, 0.05) is 0 Å². The maximum atomic E-state index is 12.1. The number of aryl methyl sites for hydroxylation is 1. The number of rotatable bonds is 5. The van der Waals surface area contributed by atoms with Gasteiger partial charge in [0.15, 0.2) is 6.61 Å². The van der Waals surface area contributed by atoms with Crippen molar-refractivity contribution in [2.24, 2.45) is 11.8 Å². The highest BCUT2D eigenvalue weighted by Crippen LogP contribution is 2.30. The summed E-state index contributed by atoms with van der Waals surface area (Å²) in [6, 6.07) is 7.23. The number of hydrogen-bond donors (Lipinski definition) is 3. The summed E-state index contributed by atoms with van der Waals surface area (Å²) in [6.07, 6.45) is 2.61. The molecule has 24 heavy (non-hydrogen) atoms. The van der Waals surface area contributed by atoms with Crippen LogP contribution in [0.1, 0.15) is 31.2 Å². The molecule has 0 bridgehead atoms. The minimum Gasteiger partial charge on any atom is -0.484 e. The number of benzene rings is 1. The summed E-state index contributed by atoms with van der Waals surface area (Å²) < 4.78 is 5.30. The van der Waals surface area contributed by atoms with Gasteiger partial charge in [-0.15, -0.1) is 0 Å². The molecular formula is C17H22N2O5. The Balaban J connectivity index is 1.77. The van der Waals surface area contributed by atoms with Crippen LogP contribution in [0.15, 0.2) is 24.3 Å². The average Bonchev–Trinajstić information content (AvgIpc) is 2.59. The summed E-state index contributed by atoms with van der Waals surface area (Å²) in [6.45, 7) is 1.71. The molecule has 0 aliphatic heterocycles. The van der Waals surface area contributed by atoms with Crippen LogP contribution in [0.3, 0.4) is 0 Å². The quantitative estimate of drug-likeness (QED) is 0.706. The Morgan fingerprint density at radius 2 is 1.71 bits per heavy atom. The number of ether oxygens (including phenoxy) is 1. The van der Waals surface area contributed by atoms with Crippen molar-refractivity contribution in [1.82, 2.24) is 10.9 Å². The highest BCUT2D eigenvalue weighted by atomic mass is 16.5. The Bertz CT molecular complexity index is 600. The van der Waals surface area contributed by atoms with Gasteiger partial charge in [-0.05, 0) is 31.9 Å². The molecule has 1 aromatic rings. The predicted octanol–water partition coefficient (Wildman–Crippen LogP) is 1.41. The Morgan fingerprint density at radius 3 is 2.33 bits per heavy atom. The number of hydrazine groups is 1. The van der Waals surface area contributed by atoms with E-state index in [9.17, 15) is 19.5 Å². The highest BCUT2D eigenvalue weighted by molar-refractivity contribution is 5.87. The first-order chi connectivity index (χ1) is 11.5. The molecule has 2 atom stereocenters. The second kappa shape index (κ2) is 8.33. The molecule has 7 heteroatoms. The molecule has 2 rings (SSSR count). The van der Waals surface area contributed by atoms with Gasteiger partial charge >= 0.3 is 5.97 Å². The normalized spacial score (nSPS) is 20.0. The fourth-order valence-corrected chi connectivity index (χ4v) is 2.78. The number of carboxylic acid groups (broad SMARTS) is 1. The Labute approximate surface area is 140 Å². The van der Waals surface area contributed by atoms with Crippen molar-refractivity contribution >= 4 is 17.8 Å². The largest absolute Gasteiger partial charge is 0.484 e. The fourth-order valence-electron chi connectivity index (χ4n) is 2.78. The summed E-state index contributed by atoms with van der Waals surface area (Å²) in [5.74, 6) is -2.70. The van der Waals surface area contributed by atoms with E-state index in [4.69, 9.17) is 4.74 Å². The van der Waals surface area contributed by atoms with Gasteiger partial charge in [-0.1, -0.05) is 30.5 Å². The number of carbonyl (C=O) groups excluding carboxylic acids is 2. The molecule has 130 valence electrons. The van der Waals surface area contributed by atoms with Gasteiger partial charge in [0.1, 0.15) is 5.75 Å². The van der Waals surface area contributed by atoms with Crippen LogP contribution in [0.5, 0.6) is 5.75 Å². The summed E-state index contributed by atoms with van der Waals surface area (Å²) in [4.78, 5) is 35.0. The van der Waals surface area contributed by atoms with Crippen molar-refractivity contribution in [3.05, 3.63) is 29.8 Å². The molecule has 0 heterocycles. The van der Waals surface area contributed by atoms with E-state index in [2.05, 4.69) is 10.9 Å². The number of carbonyl (C=O) groups is 3. The van der Waals surface area contributed by atoms with Crippen LogP contribution in [0.25, 0.3) is 0 Å². The van der Waals surface area contributed by atoms with Crippen LogP contribution in [0.4, 0.5) is 0 Å². The monoisotopic (exact) mass is 334 g/mol. The molecule has 7 nitrogen and oxygen atoms in total. The third-order valence-electron chi connectivity index (χ3n) is 4.14. The lowest BCUT2D eigenvalue weighted by Gasteiger charge is -2.27. The van der Waals surface area contributed by atoms with Crippen LogP contribution in [-0.2, 0) is 14.4 Å². The highest BCUT2D eigenvalue weighted by Gasteiger charge is 2.35. The van der Waals surface area contributed by atoms with Gasteiger partial charge in [0.2, 0.25) is 5.91 Å². The van der Waals surface area contributed by atoms with E-state index in [1.54, 1.807) is 12.1 Å². The van der Waals surface area contributed by atoms with Crippen LogP contribution in [0.2, 0.25) is 0 Å². The zero-order valence-corrected chi connectivity index (χ0v) is 13.6. The minimum absolute atomic E-state index is 0.240. The third kappa shape index (κ3) is 4.97. The zero-order chi connectivity index (χ0) is 17.5. The van der Waals surface area contributed by atoms with E-state index in [1.807, 2.05) is 19.1 Å². The molecule has 3 N–H and O–H groups in total. The van der Waals surface area contributed by atoms with E-state index in [-0.39, 0.29) is 6.61 Å². The molecule has 0 unspecified atom stereocenters. The van der Waals surface area contributed by atoms with Gasteiger partial charge in [-0.3, -0.25) is 25.2 Å². The van der Waals surface area contributed by atoms with Crippen LogP contribution in [-0.4, -0.2) is 29.5 Å². The first-order valence-corrected chi connectivity index (χ1v) is 7.98. The molecule has 1 aromatic carbocycles. The molecular weight excluding hydrogens is 312 g/mol. The van der Waals surface area contributed by atoms with Crippen LogP contribution in [0, 0.1) is 18.8 Å². The van der Waals surface area contributed by atoms with Crippen molar-refractivity contribution in [3.8, 4) is 5.75 Å². The Kier molecular flexibility index (Phi) is 6.17. The number of hydrogen-bond acceptors (Lipinski definition) is 4. The van der Waals surface area contributed by atoms with E-state index in [1.165, 1.54) is 0 Å². The van der Waals surface area contributed by atoms with Crippen molar-refractivity contribution in [2.45, 2.75) is 32.6 Å². The number of nitrogens with one attached hydrogen (secondary N) is 2. The van der Waals surface area contributed by atoms with Crippen molar-refractivity contribution in [1.29, 1.82) is 0 Å². The summed E-state index contributed by atoms with van der Waals surface area (Å²) in [5.41, 5.74) is 5.65. The smallest absolute Gasteiger partial charge is 0.307 e. The maximum Gasteiger partial charge on any atom is 0.307 e. The van der Waals surface area contributed by atoms with E-state index < -0.39 is 29.6 Å². The van der Waals surface area contributed by atoms with Gasteiger partial charge in [-0.25, -0.2) is 0 Å². The lowest BCUT2D eigenvalue weighted by atomic mass is 9.79. The van der Waals surface area contributed by atoms with Gasteiger partial charge < -0.3 is 9.84 Å². The Hall–Kier alpha value is -2.57. The van der Waals surface area contributed by atoms with Crippen LogP contribution < -0.4 is 15.6 Å². The summed E-state index contributed by atoms with van der Waals surface area (Å²) in [5, 5.41) is 9.18. The predicted molar refractivity (Wildman–Crippen MR) is 86.0 cm³/mol. The van der Waals surface area contributed by atoms with E-state index in [0.717, 1.165) is 18.4 Å². The lowest BCUT2D eigenvalue weighted by Crippen LogP contribution is -2.49. The second-order valence-corrected chi connectivity index (χ2v) is 5.97. The Morgan fingerprint density at radius 1 is 1.08 bits per heavy atom. The van der Waals surface area contributed by atoms with Crippen molar-refractivity contribution in [3.63, 3.8) is 0 Å². The summed E-state index contributed by atoms with van der Waals surface area (Å²) >= 11 is 0. The molecule has 1 aliphatic rings. The molecule has 1 aliphatic carbocycles. The fraction of sp³-hybridized carbons (Fsp3) is 0.471. The third-order valence-corrected chi connectivity index (χ3v) is 4.14. The van der Waals surface area contributed by atoms with Crippen molar-refractivity contribution < 1.29 is 24.2 Å². The number of amides is 2. The molecule has 0 aromatic heterocycles. The van der Waals surface area contributed by atoms with Gasteiger partial charge in [0.25, 0.3) is 5.91 Å². The van der Waals surface area contributed by atoms with E-state index >= 15 is 0 Å². The minimum atomic E-state index is -0.969. The molecule has 0 saturated heterocycles. The molecule has 2 amide bonds. The topological polar surface area (TPSA) is 105 Å². The average molecular weight is 334 g/mol. The lowest BCUT2D eigenvalue weighted by molar-refractivity contribution is -0.149. The maximum absolute atomic E-state index is 12.1. The van der Waals surface area contributed by atoms with Crippen LogP contribution >= 0.6 is 0 Å². The second-order valence-electron chi connectivity index (χ2n) is 5.97. The zero-order valence-electron chi connectivity index (χ0n) is 13.6. The molecule has 1 saturated carbocycles. The number of aliphatic carboxylic acids is 1. The summed E-state index contributed by atoms with van der Waals surface area (Å²) in [7, 11) is 0. The molecule has 0 spiro atoms. The molecule has 1 fully saturated rings. The van der Waals surface area contributed by atoms with Gasteiger partial charge in [-0.2, -0.15) is 0 Å². The SMILES string of the molecule is Cc1ccc(OCC(=O)NNC(=O)[C@@H]2CCCC[C@@H]2C(=O)O)cc1. The number of carboxylic acids is 1. The first-order valence-electron chi connectivity index (χ1n) is 7.98. The first kappa shape index (κ1) is 17.8.